The Kier molecular flexibility index (Phi) is 5.45. The number of aryl methyl sites for hydroxylation is 2. The van der Waals surface area contributed by atoms with E-state index >= 15 is 0 Å². The first-order valence-corrected chi connectivity index (χ1v) is 7.45. The molecule has 1 heterocycles. The van der Waals surface area contributed by atoms with E-state index in [2.05, 4.69) is 5.10 Å². The zero-order valence-corrected chi connectivity index (χ0v) is 14.8. The van der Waals surface area contributed by atoms with Gasteiger partial charge in [-0.05, 0) is 37.6 Å². The molecule has 2 aromatic rings. The van der Waals surface area contributed by atoms with Crippen molar-refractivity contribution < 1.29 is 14.2 Å². The molecule has 1 aromatic heterocycles. The molecule has 0 aliphatic rings. The van der Waals surface area contributed by atoms with E-state index in [1.54, 1.807) is 32.0 Å². The lowest BCUT2D eigenvalue weighted by Gasteiger charge is -2.14. The van der Waals surface area contributed by atoms with Crippen LogP contribution in [0, 0.1) is 25.2 Å². The molecule has 0 saturated carbocycles. The van der Waals surface area contributed by atoms with Crippen LogP contribution in [0.25, 0.3) is 0 Å². The molecule has 0 unspecified atom stereocenters. The molecule has 0 bridgehead atoms. The van der Waals surface area contributed by atoms with E-state index in [1.165, 1.54) is 32.2 Å². The molecule has 0 fully saturated rings. The molecule has 1 aromatic carbocycles. The van der Waals surface area contributed by atoms with E-state index < -0.39 is 5.56 Å². The monoisotopic (exact) mass is 341 g/mol. The van der Waals surface area contributed by atoms with Crippen LogP contribution in [0.1, 0.15) is 22.4 Å². The van der Waals surface area contributed by atoms with Crippen molar-refractivity contribution in [2.75, 3.05) is 21.3 Å². The average molecular weight is 341 g/mol. The van der Waals surface area contributed by atoms with Gasteiger partial charge in [0.15, 0.2) is 11.5 Å². The lowest BCUT2D eigenvalue weighted by Crippen LogP contribution is -2.22. The fourth-order valence-corrected chi connectivity index (χ4v) is 2.51. The first-order chi connectivity index (χ1) is 12.0. The van der Waals surface area contributed by atoms with Gasteiger partial charge in [0.2, 0.25) is 5.75 Å². The molecule has 0 aliphatic carbocycles. The Balaban J connectivity index is 2.58. The van der Waals surface area contributed by atoms with Gasteiger partial charge in [0.1, 0.15) is 11.6 Å². The molecule has 0 spiro atoms. The number of aromatic nitrogens is 1. The van der Waals surface area contributed by atoms with Crippen LogP contribution in [0.5, 0.6) is 17.2 Å². The second-order valence-corrected chi connectivity index (χ2v) is 5.24. The number of nitriles is 1. The average Bonchev–Trinajstić information content (AvgIpc) is 2.60. The van der Waals surface area contributed by atoms with Gasteiger partial charge in [0.25, 0.3) is 5.56 Å². The van der Waals surface area contributed by atoms with Gasteiger partial charge in [-0.25, -0.2) is 4.68 Å². The van der Waals surface area contributed by atoms with Gasteiger partial charge in [-0.1, -0.05) is 0 Å². The minimum Gasteiger partial charge on any atom is -0.493 e. The van der Waals surface area contributed by atoms with Gasteiger partial charge in [-0.3, -0.25) is 4.79 Å². The SMILES string of the molecule is COc1ccc(C=Nn2c(C)cc(C)c(C#N)c2=O)c(OC)c1OC. The quantitative estimate of drug-likeness (QED) is 0.779. The largest absolute Gasteiger partial charge is 0.493 e. The van der Waals surface area contributed by atoms with Gasteiger partial charge in [0.05, 0.1) is 27.5 Å². The molecule has 0 radical (unpaired) electrons. The zero-order chi connectivity index (χ0) is 18.6. The summed E-state index contributed by atoms with van der Waals surface area (Å²) in [5.74, 6) is 1.38. The molecular formula is C18H19N3O4. The number of hydrogen-bond acceptors (Lipinski definition) is 6. The van der Waals surface area contributed by atoms with Crippen molar-refractivity contribution in [3.8, 4) is 23.3 Å². The summed E-state index contributed by atoms with van der Waals surface area (Å²) in [6, 6.07) is 7.11. The van der Waals surface area contributed by atoms with Crippen LogP contribution in [0.3, 0.4) is 0 Å². The molecule has 0 amide bonds. The molecule has 7 heteroatoms. The first-order valence-electron chi connectivity index (χ1n) is 7.45. The Morgan fingerprint density at radius 2 is 1.80 bits per heavy atom. The van der Waals surface area contributed by atoms with E-state index in [-0.39, 0.29) is 5.56 Å². The topological polar surface area (TPSA) is 85.8 Å². The highest BCUT2D eigenvalue weighted by molar-refractivity contribution is 5.86. The maximum Gasteiger partial charge on any atom is 0.289 e. The van der Waals surface area contributed by atoms with Crippen molar-refractivity contribution in [2.45, 2.75) is 13.8 Å². The fourth-order valence-electron chi connectivity index (χ4n) is 2.51. The highest BCUT2D eigenvalue weighted by Crippen LogP contribution is 2.38. The van der Waals surface area contributed by atoms with Gasteiger partial charge < -0.3 is 14.2 Å². The van der Waals surface area contributed by atoms with Crippen LogP contribution < -0.4 is 19.8 Å². The Morgan fingerprint density at radius 3 is 2.36 bits per heavy atom. The molecule has 0 aliphatic heterocycles. The van der Waals surface area contributed by atoms with E-state index in [0.717, 1.165) is 0 Å². The number of benzene rings is 1. The lowest BCUT2D eigenvalue weighted by atomic mass is 10.1. The molecule has 25 heavy (non-hydrogen) atoms. The van der Waals surface area contributed by atoms with E-state index in [9.17, 15) is 4.79 Å². The second-order valence-electron chi connectivity index (χ2n) is 5.24. The summed E-state index contributed by atoms with van der Waals surface area (Å²) in [5, 5.41) is 13.4. The normalized spacial score (nSPS) is 10.6. The standard InChI is InChI=1S/C18H19N3O4/c1-11-8-12(2)21(18(22)14(11)9-19)20-10-13-6-7-15(23-3)17(25-5)16(13)24-4/h6-8,10H,1-5H3. The van der Waals surface area contributed by atoms with Gasteiger partial charge in [-0.2, -0.15) is 10.4 Å². The summed E-state index contributed by atoms with van der Waals surface area (Å²) >= 11 is 0. The lowest BCUT2D eigenvalue weighted by molar-refractivity contribution is 0.324. The van der Waals surface area contributed by atoms with Gasteiger partial charge in [-0.15, -0.1) is 0 Å². The van der Waals surface area contributed by atoms with Crippen LogP contribution in [-0.2, 0) is 0 Å². The van der Waals surface area contributed by atoms with Crippen LogP contribution in [0.15, 0.2) is 28.1 Å². The summed E-state index contributed by atoms with van der Waals surface area (Å²) < 4.78 is 17.1. The molecule has 0 N–H and O–H groups in total. The second kappa shape index (κ2) is 7.53. The van der Waals surface area contributed by atoms with Crippen molar-refractivity contribution in [2.24, 2.45) is 5.10 Å². The molecule has 130 valence electrons. The predicted octanol–water partition coefficient (Wildman–Crippen LogP) is 2.24. The molecule has 7 nitrogen and oxygen atoms in total. The minimum atomic E-state index is -0.462. The highest BCUT2D eigenvalue weighted by atomic mass is 16.5. The van der Waals surface area contributed by atoms with Crippen LogP contribution >= 0.6 is 0 Å². The van der Waals surface area contributed by atoms with Crippen molar-refractivity contribution in [3.05, 3.63) is 50.9 Å². The van der Waals surface area contributed by atoms with Crippen molar-refractivity contribution >= 4 is 6.21 Å². The predicted molar refractivity (Wildman–Crippen MR) is 94.0 cm³/mol. The summed E-state index contributed by atoms with van der Waals surface area (Å²) in [5.41, 5.74) is 1.46. The number of hydrogen-bond donors (Lipinski definition) is 0. The summed E-state index contributed by atoms with van der Waals surface area (Å²) in [7, 11) is 4.55. The van der Waals surface area contributed by atoms with E-state index in [1.807, 2.05) is 6.07 Å². The van der Waals surface area contributed by atoms with Crippen LogP contribution in [0.2, 0.25) is 0 Å². The Hall–Kier alpha value is -3.27. The summed E-state index contributed by atoms with van der Waals surface area (Å²) in [4.78, 5) is 12.4. The van der Waals surface area contributed by atoms with Crippen molar-refractivity contribution in [3.63, 3.8) is 0 Å². The molecular weight excluding hydrogens is 322 g/mol. The Morgan fingerprint density at radius 1 is 1.12 bits per heavy atom. The third-order valence-corrected chi connectivity index (χ3v) is 3.72. The summed E-state index contributed by atoms with van der Waals surface area (Å²) in [6.07, 6.45) is 1.48. The number of ether oxygens (including phenoxy) is 3. The number of methoxy groups -OCH3 is 3. The molecule has 0 atom stereocenters. The van der Waals surface area contributed by atoms with Crippen molar-refractivity contribution in [1.82, 2.24) is 4.68 Å². The van der Waals surface area contributed by atoms with Crippen molar-refractivity contribution in [1.29, 1.82) is 5.26 Å². The first kappa shape index (κ1) is 18.1. The van der Waals surface area contributed by atoms with E-state index in [0.29, 0.717) is 34.1 Å². The van der Waals surface area contributed by atoms with E-state index in [4.69, 9.17) is 19.5 Å². The van der Waals surface area contributed by atoms with Gasteiger partial charge in [0, 0.05) is 11.3 Å². The third kappa shape index (κ3) is 3.33. The van der Waals surface area contributed by atoms with Crippen LogP contribution in [0.4, 0.5) is 0 Å². The highest BCUT2D eigenvalue weighted by Gasteiger charge is 2.15. The minimum absolute atomic E-state index is 0.0713. The fraction of sp³-hybridized carbons (Fsp3) is 0.278. The maximum absolute atomic E-state index is 12.4. The van der Waals surface area contributed by atoms with Crippen LogP contribution in [-0.4, -0.2) is 32.2 Å². The number of pyridine rings is 1. The number of rotatable bonds is 5. The Bertz CT molecular complexity index is 923. The zero-order valence-electron chi connectivity index (χ0n) is 14.8. The third-order valence-electron chi connectivity index (χ3n) is 3.72. The maximum atomic E-state index is 12.4. The van der Waals surface area contributed by atoms with Gasteiger partial charge >= 0.3 is 0 Å². The number of nitrogens with zero attached hydrogens (tertiary/aromatic N) is 3. The molecule has 0 saturated heterocycles. The summed E-state index contributed by atoms with van der Waals surface area (Å²) in [6.45, 7) is 3.47. The smallest absolute Gasteiger partial charge is 0.289 e. The molecule has 2 rings (SSSR count). The Labute approximate surface area is 145 Å².